The number of hydrogen-bond acceptors (Lipinski definition) is 11. The second kappa shape index (κ2) is 11.0. The summed E-state index contributed by atoms with van der Waals surface area (Å²) in [6.45, 7) is 3.82. The number of nitrogens with one attached hydrogen (secondary N) is 1. The van der Waals surface area contributed by atoms with Crippen LogP contribution in [0.3, 0.4) is 0 Å². The number of carbonyl (C=O) groups excluding carboxylic acids is 4. The highest BCUT2D eigenvalue weighted by atomic mass is 16.5. The number of rotatable bonds is 7. The zero-order chi connectivity index (χ0) is 31.4. The molecule has 13 nitrogen and oxygen atoms in total. The number of benzene rings is 1. The van der Waals surface area contributed by atoms with Gasteiger partial charge in [-0.15, -0.1) is 0 Å². The Balaban J connectivity index is 1.86. The molecule has 228 valence electrons. The summed E-state index contributed by atoms with van der Waals surface area (Å²) in [4.78, 5) is 54.8. The van der Waals surface area contributed by atoms with Crippen LogP contribution in [0.1, 0.15) is 37.0 Å². The van der Waals surface area contributed by atoms with E-state index in [0.717, 1.165) is 0 Å². The van der Waals surface area contributed by atoms with E-state index in [1.807, 2.05) is 13.8 Å². The molecule has 0 spiro atoms. The van der Waals surface area contributed by atoms with Crippen LogP contribution >= 0.6 is 0 Å². The fraction of sp³-hybridized carbons (Fsp3) is 0.517. The summed E-state index contributed by atoms with van der Waals surface area (Å²) in [6, 6.07) is 0.504. The lowest BCUT2D eigenvalue weighted by Crippen LogP contribution is -2.65. The molecule has 0 saturated heterocycles. The molecule has 0 unspecified atom stereocenters. The Labute approximate surface area is 243 Å². The normalized spacial score (nSPS) is 25.3. The van der Waals surface area contributed by atoms with E-state index in [2.05, 4.69) is 5.32 Å². The number of fused-ring (bicyclic) bond motifs is 3. The van der Waals surface area contributed by atoms with E-state index in [0.29, 0.717) is 11.3 Å². The standard InChI is InChI=1S/C29H38N4O9/c1-12(2)11-42-28(40)31-10-14-9-17(32(3)4)15-7-13-8-16-21(33(5)6)24(36)20(27(30)39)26(38)29(16,41)25(37)18(13)23(35)19(15)22(14)34/h9,12-13,16,21,34-35,38,41H,7-8,10-11H2,1-6H3,(H2,30,39)(H,31,40)/t13-,16-,21-,29-/m0/s1. The average Bonchev–Trinajstić information content (AvgIpc) is 2.88. The topological polar surface area (TPSA) is 203 Å². The monoisotopic (exact) mass is 586 g/mol. The predicted molar refractivity (Wildman–Crippen MR) is 152 cm³/mol. The first-order valence-corrected chi connectivity index (χ1v) is 13.6. The summed E-state index contributed by atoms with van der Waals surface area (Å²) in [5.74, 6) is -7.05. The van der Waals surface area contributed by atoms with Crippen molar-refractivity contribution in [1.29, 1.82) is 0 Å². The Bertz CT molecular complexity index is 1430. The number of alkyl carbamates (subject to hydrolysis) is 1. The minimum Gasteiger partial charge on any atom is -0.508 e. The molecule has 13 heteroatoms. The highest BCUT2D eigenvalue weighted by molar-refractivity contribution is 6.24. The van der Waals surface area contributed by atoms with Gasteiger partial charge in [0.2, 0.25) is 5.78 Å². The molecule has 3 aliphatic rings. The number of aliphatic hydroxyl groups is 3. The van der Waals surface area contributed by atoms with E-state index in [4.69, 9.17) is 10.5 Å². The summed E-state index contributed by atoms with van der Waals surface area (Å²) in [5, 5.41) is 48.1. The fourth-order valence-corrected chi connectivity index (χ4v) is 6.34. The Morgan fingerprint density at radius 2 is 1.81 bits per heavy atom. The Hall–Kier alpha value is -4.10. The second-order valence-electron chi connectivity index (χ2n) is 12.0. The maximum absolute atomic E-state index is 14.0. The lowest BCUT2D eigenvalue weighted by Gasteiger charge is -2.50. The SMILES string of the molecule is CC(C)COC(=O)NCc1cc(N(C)C)c2c(c1O)C(O)=C1C(=O)[C@]3(O)C(O)=C(C(N)=O)C(=O)[C@@H](N(C)C)[C@@H]3C[C@@H]1C2. The van der Waals surface area contributed by atoms with Gasteiger partial charge in [-0.2, -0.15) is 0 Å². The van der Waals surface area contributed by atoms with Crippen LogP contribution in [0.2, 0.25) is 0 Å². The van der Waals surface area contributed by atoms with E-state index in [-0.39, 0.29) is 54.4 Å². The van der Waals surface area contributed by atoms with Gasteiger partial charge in [0.05, 0.1) is 18.2 Å². The molecule has 1 fully saturated rings. The summed E-state index contributed by atoms with van der Waals surface area (Å²) in [5.41, 5.74) is 2.85. The maximum atomic E-state index is 14.0. The highest BCUT2D eigenvalue weighted by Crippen LogP contribution is 2.54. The number of likely N-dealkylation sites (N-methyl/N-ethyl adjacent to an activating group) is 1. The molecule has 7 N–H and O–H groups in total. The van der Waals surface area contributed by atoms with E-state index < -0.39 is 64.1 Å². The van der Waals surface area contributed by atoms with E-state index in [1.54, 1.807) is 39.2 Å². The van der Waals surface area contributed by atoms with Crippen LogP contribution < -0.4 is 16.0 Å². The van der Waals surface area contributed by atoms with Crippen LogP contribution in [0.15, 0.2) is 23.0 Å². The number of nitrogens with zero attached hydrogens (tertiary/aromatic N) is 2. The molecule has 0 aliphatic heterocycles. The smallest absolute Gasteiger partial charge is 0.407 e. The lowest BCUT2D eigenvalue weighted by atomic mass is 9.57. The molecule has 0 radical (unpaired) electrons. The van der Waals surface area contributed by atoms with Crippen molar-refractivity contribution >= 4 is 35.0 Å². The number of ketones is 2. The molecular formula is C29H38N4O9. The van der Waals surface area contributed by atoms with Crippen LogP contribution in [-0.4, -0.2) is 95.3 Å². The van der Waals surface area contributed by atoms with Crippen LogP contribution in [-0.2, 0) is 32.1 Å². The third-order valence-electron chi connectivity index (χ3n) is 8.23. The Kier molecular flexibility index (Phi) is 8.04. The molecule has 4 rings (SSSR count). The molecule has 0 heterocycles. The van der Waals surface area contributed by atoms with E-state index in [1.165, 1.54) is 4.90 Å². The second-order valence-corrected chi connectivity index (χ2v) is 12.0. The van der Waals surface area contributed by atoms with Crippen molar-refractivity contribution in [3.05, 3.63) is 39.7 Å². The molecule has 42 heavy (non-hydrogen) atoms. The van der Waals surface area contributed by atoms with E-state index >= 15 is 0 Å². The summed E-state index contributed by atoms with van der Waals surface area (Å²) < 4.78 is 5.13. The Morgan fingerprint density at radius 1 is 1.17 bits per heavy atom. The molecule has 1 saturated carbocycles. The molecule has 1 aromatic carbocycles. The third kappa shape index (κ3) is 4.75. The number of aromatic hydroxyl groups is 1. The van der Waals surface area contributed by atoms with Crippen LogP contribution in [0.4, 0.5) is 10.5 Å². The van der Waals surface area contributed by atoms with Crippen molar-refractivity contribution < 1.29 is 44.3 Å². The van der Waals surface area contributed by atoms with Crippen LogP contribution in [0, 0.1) is 17.8 Å². The summed E-state index contributed by atoms with van der Waals surface area (Å²) in [7, 11) is 6.61. The zero-order valence-electron chi connectivity index (χ0n) is 24.5. The first kappa shape index (κ1) is 30.8. The average molecular weight is 587 g/mol. The van der Waals surface area contributed by atoms with Crippen molar-refractivity contribution in [2.45, 2.75) is 44.9 Å². The number of anilines is 1. The number of hydrogen-bond donors (Lipinski definition) is 6. The Morgan fingerprint density at radius 3 is 2.36 bits per heavy atom. The van der Waals surface area contributed by atoms with Gasteiger partial charge in [-0.05, 0) is 50.4 Å². The quantitative estimate of drug-likeness (QED) is 0.248. The van der Waals surface area contributed by atoms with Crippen molar-refractivity contribution in [2.24, 2.45) is 23.5 Å². The van der Waals surface area contributed by atoms with Gasteiger partial charge in [-0.3, -0.25) is 19.3 Å². The number of carbonyl (C=O) groups is 4. The predicted octanol–water partition coefficient (Wildman–Crippen LogP) is 0.912. The molecule has 1 aromatic rings. The lowest BCUT2D eigenvalue weighted by molar-refractivity contribution is -0.153. The van der Waals surface area contributed by atoms with E-state index in [9.17, 15) is 39.6 Å². The van der Waals surface area contributed by atoms with Gasteiger partial charge in [0, 0.05) is 43.4 Å². The first-order valence-electron chi connectivity index (χ1n) is 13.6. The van der Waals surface area contributed by atoms with Gasteiger partial charge in [0.1, 0.15) is 22.8 Å². The summed E-state index contributed by atoms with van der Waals surface area (Å²) >= 11 is 0. The van der Waals surface area contributed by atoms with Gasteiger partial charge >= 0.3 is 6.09 Å². The van der Waals surface area contributed by atoms with Gasteiger partial charge in [0.25, 0.3) is 5.91 Å². The summed E-state index contributed by atoms with van der Waals surface area (Å²) in [6.07, 6.45) is -0.551. The number of aliphatic hydroxyl groups excluding tert-OH is 2. The van der Waals surface area contributed by atoms with Gasteiger partial charge < -0.3 is 41.1 Å². The van der Waals surface area contributed by atoms with Gasteiger partial charge in [-0.1, -0.05) is 13.8 Å². The minimum atomic E-state index is -2.72. The minimum absolute atomic E-state index is 0.00953. The van der Waals surface area contributed by atoms with Crippen LogP contribution in [0.25, 0.3) is 5.76 Å². The molecule has 4 atom stereocenters. The number of phenols is 1. The molecule has 3 aliphatic carbocycles. The van der Waals surface area contributed by atoms with Gasteiger partial charge in [0.15, 0.2) is 11.4 Å². The van der Waals surface area contributed by atoms with Crippen molar-refractivity contribution in [2.75, 3.05) is 39.7 Å². The number of amides is 2. The van der Waals surface area contributed by atoms with Gasteiger partial charge in [-0.25, -0.2) is 4.79 Å². The first-order chi connectivity index (χ1) is 19.5. The molecular weight excluding hydrogens is 548 g/mol. The number of primary amides is 1. The molecule has 2 amide bonds. The third-order valence-corrected chi connectivity index (χ3v) is 8.23. The zero-order valence-corrected chi connectivity index (χ0v) is 24.5. The van der Waals surface area contributed by atoms with Crippen molar-refractivity contribution in [3.63, 3.8) is 0 Å². The molecule has 0 bridgehead atoms. The number of ether oxygens (including phenoxy) is 1. The highest BCUT2D eigenvalue weighted by Gasteiger charge is 2.64. The number of nitrogens with two attached hydrogens (primary N) is 1. The molecule has 0 aromatic heterocycles. The largest absolute Gasteiger partial charge is 0.508 e. The number of phenolic OH excluding ortho intramolecular Hbond substituents is 1. The van der Waals surface area contributed by atoms with Crippen molar-refractivity contribution in [3.8, 4) is 5.75 Å². The number of Topliss-reactive ketones (excluding diaryl/α,β-unsaturated/α-hetero) is 2. The fourth-order valence-electron chi connectivity index (χ4n) is 6.34. The van der Waals surface area contributed by atoms with Crippen molar-refractivity contribution in [1.82, 2.24) is 10.2 Å². The van der Waals surface area contributed by atoms with Crippen LogP contribution in [0.5, 0.6) is 5.75 Å². The maximum Gasteiger partial charge on any atom is 0.407 e.